The van der Waals surface area contributed by atoms with Crippen molar-refractivity contribution in [3.05, 3.63) is 83.1 Å². The molecular weight excluding hydrogens is 334 g/mol. The van der Waals surface area contributed by atoms with Crippen LogP contribution in [0.5, 0.6) is 0 Å². The Hall–Kier alpha value is -2.46. The second-order valence-electron chi connectivity index (χ2n) is 7.39. The van der Waals surface area contributed by atoms with Crippen molar-refractivity contribution in [2.75, 3.05) is 6.54 Å². The first-order valence-corrected chi connectivity index (χ1v) is 9.98. The molecule has 1 aromatic heterocycles. The standard InChI is InChI=1S/C23H27N3O/c1-2-14-26(21-13-12-19-10-6-7-11-20(19)16-21)17-23-25-24-22(27-23)15-18-8-4-3-5-9-18/h3-11,21H,2,12-17H2,1H3. The first-order chi connectivity index (χ1) is 13.3. The number of nitrogens with zero attached hydrogens (tertiary/aromatic N) is 3. The van der Waals surface area contributed by atoms with Gasteiger partial charge >= 0.3 is 0 Å². The Labute approximate surface area is 161 Å². The van der Waals surface area contributed by atoms with Crippen LogP contribution < -0.4 is 0 Å². The number of hydrogen-bond acceptors (Lipinski definition) is 4. The summed E-state index contributed by atoms with van der Waals surface area (Å²) in [4.78, 5) is 2.52. The van der Waals surface area contributed by atoms with Crippen molar-refractivity contribution in [2.45, 2.75) is 51.6 Å². The van der Waals surface area contributed by atoms with Crippen molar-refractivity contribution < 1.29 is 4.42 Å². The summed E-state index contributed by atoms with van der Waals surface area (Å²) < 4.78 is 5.96. The third kappa shape index (κ3) is 4.45. The number of benzene rings is 2. The van der Waals surface area contributed by atoms with Gasteiger partial charge in [0.1, 0.15) is 0 Å². The molecule has 4 heteroatoms. The quantitative estimate of drug-likeness (QED) is 0.624. The predicted octanol–water partition coefficient (Wildman–Crippen LogP) is 4.43. The Morgan fingerprint density at radius 3 is 2.52 bits per heavy atom. The van der Waals surface area contributed by atoms with Crippen LogP contribution in [0.15, 0.2) is 59.0 Å². The van der Waals surface area contributed by atoms with Crippen LogP contribution in [0.4, 0.5) is 0 Å². The molecule has 1 aliphatic rings. The molecule has 0 saturated carbocycles. The summed E-state index contributed by atoms with van der Waals surface area (Å²) in [5, 5.41) is 8.58. The molecule has 4 rings (SSSR count). The van der Waals surface area contributed by atoms with Crippen LogP contribution in [0.3, 0.4) is 0 Å². The summed E-state index contributed by atoms with van der Waals surface area (Å²) in [5.74, 6) is 1.43. The lowest BCUT2D eigenvalue weighted by Crippen LogP contribution is -2.39. The minimum atomic E-state index is 0.546. The van der Waals surface area contributed by atoms with E-state index >= 15 is 0 Å². The smallest absolute Gasteiger partial charge is 0.230 e. The summed E-state index contributed by atoms with van der Waals surface area (Å²) >= 11 is 0. The highest BCUT2D eigenvalue weighted by molar-refractivity contribution is 5.30. The zero-order valence-electron chi connectivity index (χ0n) is 16.0. The van der Waals surface area contributed by atoms with Crippen LogP contribution in [-0.2, 0) is 25.8 Å². The second-order valence-corrected chi connectivity index (χ2v) is 7.39. The van der Waals surface area contributed by atoms with Gasteiger partial charge in [0.2, 0.25) is 11.8 Å². The molecule has 0 N–H and O–H groups in total. The van der Waals surface area contributed by atoms with Crippen molar-refractivity contribution in [1.82, 2.24) is 15.1 Å². The lowest BCUT2D eigenvalue weighted by atomic mass is 9.87. The van der Waals surface area contributed by atoms with Gasteiger partial charge in [0.15, 0.2) is 0 Å². The Morgan fingerprint density at radius 2 is 1.70 bits per heavy atom. The minimum Gasteiger partial charge on any atom is -0.424 e. The number of aromatic nitrogens is 2. The average Bonchev–Trinajstić information content (AvgIpc) is 3.15. The molecule has 140 valence electrons. The maximum Gasteiger partial charge on any atom is 0.230 e. The van der Waals surface area contributed by atoms with Crippen LogP contribution >= 0.6 is 0 Å². The molecule has 4 nitrogen and oxygen atoms in total. The second kappa shape index (κ2) is 8.49. The van der Waals surface area contributed by atoms with E-state index < -0.39 is 0 Å². The highest BCUT2D eigenvalue weighted by atomic mass is 16.4. The van der Waals surface area contributed by atoms with Crippen molar-refractivity contribution in [3.8, 4) is 0 Å². The fourth-order valence-corrected chi connectivity index (χ4v) is 4.04. The molecule has 1 unspecified atom stereocenters. The van der Waals surface area contributed by atoms with Crippen LogP contribution in [-0.4, -0.2) is 27.7 Å². The maximum atomic E-state index is 5.96. The zero-order valence-corrected chi connectivity index (χ0v) is 16.0. The van der Waals surface area contributed by atoms with E-state index in [-0.39, 0.29) is 0 Å². The summed E-state index contributed by atoms with van der Waals surface area (Å²) in [5.41, 5.74) is 4.19. The van der Waals surface area contributed by atoms with Crippen molar-refractivity contribution >= 4 is 0 Å². The summed E-state index contributed by atoms with van der Waals surface area (Å²) in [6, 6.07) is 19.7. The van der Waals surface area contributed by atoms with Gasteiger partial charge in [-0.25, -0.2) is 0 Å². The monoisotopic (exact) mass is 361 g/mol. The summed E-state index contributed by atoms with van der Waals surface area (Å²) in [7, 11) is 0. The number of aryl methyl sites for hydroxylation is 1. The SMILES string of the molecule is CCCN(Cc1nnc(Cc2ccccc2)o1)C1CCc2ccccc2C1. The van der Waals surface area contributed by atoms with E-state index in [0.717, 1.165) is 38.2 Å². The topological polar surface area (TPSA) is 42.2 Å². The molecule has 0 spiro atoms. The van der Waals surface area contributed by atoms with E-state index in [1.165, 1.54) is 23.1 Å². The van der Waals surface area contributed by atoms with Gasteiger partial charge in [0.05, 0.1) is 13.0 Å². The predicted molar refractivity (Wildman–Crippen MR) is 107 cm³/mol. The van der Waals surface area contributed by atoms with Crippen molar-refractivity contribution in [2.24, 2.45) is 0 Å². The molecule has 2 aromatic carbocycles. The largest absolute Gasteiger partial charge is 0.424 e. The fourth-order valence-electron chi connectivity index (χ4n) is 4.04. The molecule has 0 amide bonds. The molecule has 0 radical (unpaired) electrons. The Morgan fingerprint density at radius 1 is 0.963 bits per heavy atom. The first-order valence-electron chi connectivity index (χ1n) is 9.98. The molecule has 1 heterocycles. The van der Waals surface area contributed by atoms with Crippen molar-refractivity contribution in [1.29, 1.82) is 0 Å². The molecule has 0 bridgehead atoms. The molecule has 1 aliphatic carbocycles. The van der Waals surface area contributed by atoms with Gasteiger partial charge in [-0.2, -0.15) is 0 Å². The Balaban J connectivity index is 1.43. The molecule has 0 fully saturated rings. The lowest BCUT2D eigenvalue weighted by Gasteiger charge is -2.34. The molecular formula is C23H27N3O. The summed E-state index contributed by atoms with van der Waals surface area (Å²) in [6.45, 7) is 4.03. The molecule has 0 saturated heterocycles. The molecule has 1 atom stereocenters. The fraction of sp³-hybridized carbons (Fsp3) is 0.391. The molecule has 27 heavy (non-hydrogen) atoms. The minimum absolute atomic E-state index is 0.546. The van der Waals surface area contributed by atoms with Crippen LogP contribution in [0.2, 0.25) is 0 Å². The number of rotatable bonds is 7. The van der Waals surface area contributed by atoms with E-state index in [9.17, 15) is 0 Å². The van der Waals surface area contributed by atoms with E-state index in [2.05, 4.69) is 58.4 Å². The average molecular weight is 361 g/mol. The van der Waals surface area contributed by atoms with E-state index in [1.807, 2.05) is 18.2 Å². The highest BCUT2D eigenvalue weighted by Gasteiger charge is 2.25. The third-order valence-electron chi connectivity index (χ3n) is 5.39. The van der Waals surface area contributed by atoms with Gasteiger partial charge in [0.25, 0.3) is 0 Å². The Kier molecular flexibility index (Phi) is 5.64. The van der Waals surface area contributed by atoms with Gasteiger partial charge in [-0.15, -0.1) is 10.2 Å². The van der Waals surface area contributed by atoms with Gasteiger partial charge in [-0.1, -0.05) is 61.5 Å². The maximum absolute atomic E-state index is 5.96. The van der Waals surface area contributed by atoms with Crippen LogP contribution in [0.1, 0.15) is 48.2 Å². The molecule has 0 aliphatic heterocycles. The van der Waals surface area contributed by atoms with Gasteiger partial charge in [-0.3, -0.25) is 4.90 Å². The third-order valence-corrected chi connectivity index (χ3v) is 5.39. The van der Waals surface area contributed by atoms with E-state index in [0.29, 0.717) is 18.4 Å². The molecule has 3 aromatic rings. The van der Waals surface area contributed by atoms with Crippen molar-refractivity contribution in [3.63, 3.8) is 0 Å². The normalized spacial score (nSPS) is 16.4. The van der Waals surface area contributed by atoms with Gasteiger partial charge in [-0.05, 0) is 48.9 Å². The van der Waals surface area contributed by atoms with Crippen LogP contribution in [0.25, 0.3) is 0 Å². The first kappa shape index (κ1) is 17.9. The van der Waals surface area contributed by atoms with E-state index in [4.69, 9.17) is 4.42 Å². The highest BCUT2D eigenvalue weighted by Crippen LogP contribution is 2.25. The van der Waals surface area contributed by atoms with Gasteiger partial charge in [0, 0.05) is 6.04 Å². The van der Waals surface area contributed by atoms with E-state index in [1.54, 1.807) is 0 Å². The lowest BCUT2D eigenvalue weighted by molar-refractivity contribution is 0.155. The number of hydrogen-bond donors (Lipinski definition) is 0. The van der Waals surface area contributed by atoms with Crippen LogP contribution in [0, 0.1) is 0 Å². The Bertz CT molecular complexity index is 859. The van der Waals surface area contributed by atoms with Gasteiger partial charge < -0.3 is 4.42 Å². The number of fused-ring (bicyclic) bond motifs is 1. The summed E-state index contributed by atoms with van der Waals surface area (Å²) in [6.07, 6.45) is 5.29. The zero-order chi connectivity index (χ0) is 18.5.